The first kappa shape index (κ1) is 22.5. The van der Waals surface area contributed by atoms with Gasteiger partial charge in [-0.05, 0) is 46.5 Å². The molecule has 0 radical (unpaired) electrons. The molecule has 1 aliphatic heterocycles. The van der Waals surface area contributed by atoms with Crippen molar-refractivity contribution in [3.63, 3.8) is 0 Å². The van der Waals surface area contributed by atoms with E-state index in [2.05, 4.69) is 28.6 Å². The molecule has 0 atom stereocenters. The van der Waals surface area contributed by atoms with Gasteiger partial charge in [-0.15, -0.1) is 0 Å². The van der Waals surface area contributed by atoms with Gasteiger partial charge in [-0.1, -0.05) is 11.6 Å². The predicted octanol–water partition coefficient (Wildman–Crippen LogP) is 1.77. The normalized spacial score (nSPS) is 24.3. The molecular formula is C19H32ClN5O3S. The zero-order valence-corrected chi connectivity index (χ0v) is 19.3. The quantitative estimate of drug-likeness (QED) is 0.746. The summed E-state index contributed by atoms with van der Waals surface area (Å²) in [5, 5.41) is 4.20. The number of sulfonamides is 1. The van der Waals surface area contributed by atoms with Crippen LogP contribution in [0, 0.1) is 12.8 Å². The summed E-state index contributed by atoms with van der Waals surface area (Å²) in [5.41, 5.74) is 0.384. The Morgan fingerprint density at radius 1 is 1.14 bits per heavy atom. The zero-order valence-electron chi connectivity index (χ0n) is 17.7. The van der Waals surface area contributed by atoms with Gasteiger partial charge in [0.05, 0.1) is 5.69 Å². The number of amides is 1. The summed E-state index contributed by atoms with van der Waals surface area (Å²) >= 11 is 6.12. The van der Waals surface area contributed by atoms with Crippen molar-refractivity contribution in [2.75, 3.05) is 26.2 Å². The fourth-order valence-corrected chi connectivity index (χ4v) is 6.42. The van der Waals surface area contributed by atoms with Crippen molar-refractivity contribution in [2.24, 2.45) is 13.0 Å². The molecule has 29 heavy (non-hydrogen) atoms. The Morgan fingerprint density at radius 3 is 2.21 bits per heavy atom. The van der Waals surface area contributed by atoms with Crippen molar-refractivity contribution in [3.05, 3.63) is 10.8 Å². The summed E-state index contributed by atoms with van der Waals surface area (Å²) < 4.78 is 29.7. The van der Waals surface area contributed by atoms with E-state index in [1.807, 2.05) is 4.90 Å². The Hall–Kier alpha value is -1.16. The van der Waals surface area contributed by atoms with Crippen LogP contribution >= 0.6 is 11.6 Å². The molecule has 2 heterocycles. The highest BCUT2D eigenvalue weighted by atomic mass is 35.5. The highest BCUT2D eigenvalue weighted by Gasteiger charge is 2.34. The third-order valence-electron chi connectivity index (χ3n) is 6.12. The fraction of sp³-hybridized carbons (Fsp3) is 0.789. The van der Waals surface area contributed by atoms with Crippen LogP contribution in [-0.4, -0.2) is 72.2 Å². The molecule has 1 saturated carbocycles. The average molecular weight is 446 g/mol. The first-order valence-electron chi connectivity index (χ1n) is 10.3. The van der Waals surface area contributed by atoms with Crippen molar-refractivity contribution in [1.29, 1.82) is 0 Å². The van der Waals surface area contributed by atoms with Gasteiger partial charge in [-0.2, -0.15) is 5.10 Å². The number of halogens is 1. The summed E-state index contributed by atoms with van der Waals surface area (Å²) in [6, 6.07) is 0.324. The molecule has 0 unspecified atom stereocenters. The first-order chi connectivity index (χ1) is 13.6. The van der Waals surface area contributed by atoms with Crippen molar-refractivity contribution >= 4 is 27.5 Å². The Balaban J connectivity index is 1.53. The maximum absolute atomic E-state index is 12.9. The van der Waals surface area contributed by atoms with Gasteiger partial charge in [-0.25, -0.2) is 13.1 Å². The number of aryl methyl sites for hydroxylation is 2. The van der Waals surface area contributed by atoms with E-state index >= 15 is 0 Å². The second-order valence-corrected chi connectivity index (χ2v) is 10.5. The molecule has 3 rings (SSSR count). The van der Waals surface area contributed by atoms with Gasteiger partial charge >= 0.3 is 0 Å². The number of nitrogens with one attached hydrogen (secondary N) is 1. The first-order valence-corrected chi connectivity index (χ1v) is 12.2. The Morgan fingerprint density at radius 2 is 1.72 bits per heavy atom. The maximum atomic E-state index is 12.9. The lowest BCUT2D eigenvalue weighted by Gasteiger charge is -2.39. The van der Waals surface area contributed by atoms with E-state index in [9.17, 15) is 13.2 Å². The predicted molar refractivity (Wildman–Crippen MR) is 112 cm³/mol. The van der Waals surface area contributed by atoms with Gasteiger partial charge < -0.3 is 4.90 Å². The van der Waals surface area contributed by atoms with Crippen LogP contribution < -0.4 is 4.72 Å². The van der Waals surface area contributed by atoms with Crippen molar-refractivity contribution in [3.8, 4) is 0 Å². The zero-order chi connectivity index (χ0) is 21.3. The monoisotopic (exact) mass is 445 g/mol. The highest BCUT2D eigenvalue weighted by molar-refractivity contribution is 7.89. The number of rotatable bonds is 5. The molecule has 2 fully saturated rings. The molecule has 1 saturated heterocycles. The lowest BCUT2D eigenvalue weighted by atomic mass is 9.85. The molecule has 2 aliphatic rings. The fourth-order valence-electron chi connectivity index (χ4n) is 4.37. The topological polar surface area (TPSA) is 87.5 Å². The summed E-state index contributed by atoms with van der Waals surface area (Å²) in [7, 11) is -2.12. The highest BCUT2D eigenvalue weighted by Crippen LogP contribution is 2.29. The largest absolute Gasteiger partial charge is 0.340 e. The van der Waals surface area contributed by atoms with Gasteiger partial charge in [0.1, 0.15) is 10.0 Å². The number of carbonyl (C=O) groups excluding carboxylic acids is 1. The number of aromatic nitrogens is 2. The molecule has 1 amide bonds. The van der Waals surface area contributed by atoms with Crippen molar-refractivity contribution < 1.29 is 13.2 Å². The summed E-state index contributed by atoms with van der Waals surface area (Å²) in [6.45, 7) is 9.40. The number of hydrogen-bond acceptors (Lipinski definition) is 5. The van der Waals surface area contributed by atoms with E-state index in [0.717, 1.165) is 26.2 Å². The van der Waals surface area contributed by atoms with Crippen LogP contribution in [-0.2, 0) is 21.9 Å². The summed E-state index contributed by atoms with van der Waals surface area (Å²) in [5.74, 6) is 0.214. The lowest BCUT2D eigenvalue weighted by Crippen LogP contribution is -2.52. The van der Waals surface area contributed by atoms with Gasteiger partial charge in [0.25, 0.3) is 0 Å². The minimum absolute atomic E-state index is 0.00919. The maximum Gasteiger partial charge on any atom is 0.245 e. The molecule has 0 spiro atoms. The number of carbonyl (C=O) groups is 1. The Kier molecular flexibility index (Phi) is 6.92. The van der Waals surface area contributed by atoms with E-state index in [0.29, 0.717) is 37.4 Å². The van der Waals surface area contributed by atoms with Gasteiger partial charge in [0.15, 0.2) is 0 Å². The summed E-state index contributed by atoms with van der Waals surface area (Å²) in [4.78, 5) is 17.3. The lowest BCUT2D eigenvalue weighted by molar-refractivity contribution is -0.138. The molecule has 1 N–H and O–H groups in total. The van der Waals surface area contributed by atoms with E-state index < -0.39 is 10.0 Å². The smallest absolute Gasteiger partial charge is 0.245 e. The van der Waals surface area contributed by atoms with Crippen LogP contribution in [0.2, 0.25) is 5.15 Å². The number of hydrogen-bond donors (Lipinski definition) is 1. The molecule has 1 aromatic rings. The van der Waals surface area contributed by atoms with Crippen LogP contribution in [0.15, 0.2) is 4.90 Å². The number of nitrogens with zero attached hydrogens (tertiary/aromatic N) is 4. The molecule has 8 nitrogen and oxygen atoms in total. The van der Waals surface area contributed by atoms with Gasteiger partial charge in [0, 0.05) is 51.2 Å². The van der Waals surface area contributed by atoms with Crippen molar-refractivity contribution in [2.45, 2.75) is 63.4 Å². The van der Waals surface area contributed by atoms with Crippen LogP contribution in [0.3, 0.4) is 0 Å². The second kappa shape index (κ2) is 8.91. The minimum atomic E-state index is -3.74. The van der Waals surface area contributed by atoms with E-state index in [-0.39, 0.29) is 27.9 Å². The molecule has 1 aromatic heterocycles. The third-order valence-corrected chi connectivity index (χ3v) is 8.34. The SMILES string of the molecule is Cc1nn(C)c(Cl)c1S(=O)(=O)NC1CCC(C(=O)N2CCN(C(C)C)CC2)CC1. The Bertz CT molecular complexity index is 838. The standard InChI is InChI=1S/C19H32ClN5O3S/c1-13(2)24-9-11-25(12-10-24)19(26)15-5-7-16(8-6-15)22-29(27,28)17-14(3)21-23(4)18(17)20/h13,15-16,22H,5-12H2,1-4H3. The average Bonchev–Trinajstić information content (AvgIpc) is 2.94. The van der Waals surface area contributed by atoms with Crippen LogP contribution in [0.1, 0.15) is 45.2 Å². The third kappa shape index (κ3) is 4.95. The molecule has 0 bridgehead atoms. The number of piperazine rings is 1. The van der Waals surface area contributed by atoms with Crippen LogP contribution in [0.25, 0.3) is 0 Å². The van der Waals surface area contributed by atoms with Crippen LogP contribution in [0.4, 0.5) is 0 Å². The molecule has 0 aromatic carbocycles. The molecule has 164 valence electrons. The van der Waals surface area contributed by atoms with Crippen molar-refractivity contribution in [1.82, 2.24) is 24.3 Å². The van der Waals surface area contributed by atoms with E-state index in [1.165, 1.54) is 4.68 Å². The second-order valence-electron chi connectivity index (χ2n) is 8.45. The van der Waals surface area contributed by atoms with E-state index in [1.54, 1.807) is 14.0 Å². The van der Waals surface area contributed by atoms with Gasteiger partial charge in [0.2, 0.25) is 15.9 Å². The molecule has 1 aliphatic carbocycles. The van der Waals surface area contributed by atoms with E-state index in [4.69, 9.17) is 11.6 Å². The molecule has 10 heteroatoms. The van der Waals surface area contributed by atoms with Crippen LogP contribution in [0.5, 0.6) is 0 Å². The summed E-state index contributed by atoms with van der Waals surface area (Å²) in [6.07, 6.45) is 2.71. The van der Waals surface area contributed by atoms with Gasteiger partial charge in [-0.3, -0.25) is 14.4 Å². The molecular weight excluding hydrogens is 414 g/mol. The minimum Gasteiger partial charge on any atom is -0.340 e. The Labute approximate surface area is 178 Å².